The second kappa shape index (κ2) is 12.3. The van der Waals surface area contributed by atoms with Crippen molar-refractivity contribution in [2.75, 3.05) is 19.0 Å². The zero-order valence-corrected chi connectivity index (χ0v) is 25.2. The van der Waals surface area contributed by atoms with Crippen LogP contribution in [0.5, 0.6) is 5.88 Å². The molecule has 2 heterocycles. The molecule has 0 saturated carbocycles. The van der Waals surface area contributed by atoms with Crippen LogP contribution in [-0.4, -0.2) is 44.4 Å². The summed E-state index contributed by atoms with van der Waals surface area (Å²) in [6.45, 7) is 6.19. The number of methoxy groups -OCH3 is 1. The van der Waals surface area contributed by atoms with Crippen molar-refractivity contribution >= 4 is 23.2 Å². The molecule has 0 radical (unpaired) electrons. The van der Waals surface area contributed by atoms with Crippen molar-refractivity contribution in [2.24, 2.45) is 14.1 Å². The molecule has 0 atom stereocenters. The Hall–Kier alpha value is -4.25. The number of hydrogen-bond donors (Lipinski definition) is 3. The second-order valence-corrected chi connectivity index (χ2v) is 11.1. The lowest BCUT2D eigenvalue weighted by atomic mass is 9.96. The van der Waals surface area contributed by atoms with Gasteiger partial charge in [0.1, 0.15) is 5.56 Å². The number of rotatable bonds is 9. The smallest absolute Gasteiger partial charge is 0.330 e. The second-order valence-electron chi connectivity index (χ2n) is 10.7. The third kappa shape index (κ3) is 6.46. The number of aromatic nitrogens is 3. The van der Waals surface area contributed by atoms with Gasteiger partial charge in [0.25, 0.3) is 11.5 Å². The molecule has 0 aliphatic heterocycles. The van der Waals surface area contributed by atoms with Crippen LogP contribution in [-0.2, 0) is 20.6 Å². The Kier molecular flexibility index (Phi) is 9.00. The molecular formula is C31H34ClN5O5. The highest BCUT2D eigenvalue weighted by molar-refractivity contribution is 6.36. The lowest BCUT2D eigenvalue weighted by molar-refractivity contribution is 0.0794. The van der Waals surface area contributed by atoms with E-state index in [-0.39, 0.29) is 5.56 Å². The number of ether oxygens (including phenoxy) is 1. The first-order valence-electron chi connectivity index (χ1n) is 13.3. The summed E-state index contributed by atoms with van der Waals surface area (Å²) in [5.41, 5.74) is 2.73. The fraction of sp³-hybridized carbons (Fsp3) is 0.290. The Morgan fingerprint density at radius 3 is 2.40 bits per heavy atom. The van der Waals surface area contributed by atoms with Crippen LogP contribution in [0.1, 0.15) is 35.3 Å². The molecule has 3 N–H and O–H groups in total. The quantitative estimate of drug-likeness (QED) is 0.269. The van der Waals surface area contributed by atoms with E-state index in [1.807, 2.05) is 43.3 Å². The number of aliphatic hydroxyl groups is 1. The number of amides is 1. The van der Waals surface area contributed by atoms with Gasteiger partial charge in [0.05, 0.1) is 23.4 Å². The summed E-state index contributed by atoms with van der Waals surface area (Å²) in [4.78, 5) is 42.3. The van der Waals surface area contributed by atoms with Crippen molar-refractivity contribution in [3.05, 3.63) is 97.3 Å². The predicted molar refractivity (Wildman–Crippen MR) is 164 cm³/mol. The molecule has 1 amide bonds. The highest BCUT2D eigenvalue weighted by atomic mass is 35.5. The molecule has 220 valence electrons. The van der Waals surface area contributed by atoms with E-state index >= 15 is 0 Å². The molecule has 4 aromatic rings. The molecular weight excluding hydrogens is 558 g/mol. The van der Waals surface area contributed by atoms with Crippen LogP contribution < -0.4 is 26.6 Å². The summed E-state index contributed by atoms with van der Waals surface area (Å²) in [6.07, 6.45) is 1.23. The summed E-state index contributed by atoms with van der Waals surface area (Å²) in [7, 11) is 4.36. The lowest BCUT2D eigenvalue weighted by Crippen LogP contribution is -2.40. The molecule has 0 aliphatic rings. The Morgan fingerprint density at radius 1 is 1.05 bits per heavy atom. The lowest BCUT2D eigenvalue weighted by Gasteiger charge is -2.18. The number of aryl methyl sites for hydroxylation is 1. The molecule has 0 unspecified atom stereocenters. The predicted octanol–water partition coefficient (Wildman–Crippen LogP) is 3.90. The fourth-order valence-electron chi connectivity index (χ4n) is 4.59. The van der Waals surface area contributed by atoms with Crippen LogP contribution in [0, 0.1) is 6.92 Å². The van der Waals surface area contributed by atoms with E-state index in [4.69, 9.17) is 21.3 Å². The summed E-state index contributed by atoms with van der Waals surface area (Å²) in [6, 6.07) is 14.8. The minimum atomic E-state index is -0.842. The van der Waals surface area contributed by atoms with E-state index in [1.165, 1.54) is 24.9 Å². The molecule has 0 spiro atoms. The largest absolute Gasteiger partial charge is 0.481 e. The fourth-order valence-corrected chi connectivity index (χ4v) is 4.91. The number of nitrogens with one attached hydrogen (secondary N) is 2. The minimum Gasteiger partial charge on any atom is -0.481 e. The number of carbonyl (C=O) groups excluding carboxylic acids is 1. The van der Waals surface area contributed by atoms with Crippen LogP contribution in [0.15, 0.2) is 64.3 Å². The van der Waals surface area contributed by atoms with Crippen LogP contribution in [0.25, 0.3) is 22.4 Å². The number of carbonyl (C=O) groups is 1. The summed E-state index contributed by atoms with van der Waals surface area (Å²) >= 11 is 6.96. The summed E-state index contributed by atoms with van der Waals surface area (Å²) < 4.78 is 7.62. The molecule has 0 saturated heterocycles. The van der Waals surface area contributed by atoms with Crippen molar-refractivity contribution < 1.29 is 14.6 Å². The third-order valence-corrected chi connectivity index (χ3v) is 7.25. The third-order valence-electron chi connectivity index (χ3n) is 6.84. The van der Waals surface area contributed by atoms with Crippen molar-refractivity contribution in [2.45, 2.75) is 32.9 Å². The molecule has 0 bridgehead atoms. The number of hydrogen-bond acceptors (Lipinski definition) is 7. The zero-order chi connectivity index (χ0) is 30.8. The van der Waals surface area contributed by atoms with Crippen LogP contribution >= 0.6 is 11.6 Å². The summed E-state index contributed by atoms with van der Waals surface area (Å²) in [5, 5.41) is 16.4. The van der Waals surface area contributed by atoms with Gasteiger partial charge in [-0.1, -0.05) is 48.0 Å². The van der Waals surface area contributed by atoms with Gasteiger partial charge in [-0.25, -0.2) is 9.78 Å². The van der Waals surface area contributed by atoms with Gasteiger partial charge in [0, 0.05) is 55.8 Å². The SMILES string of the molecule is COc1nc(-c2cccc(-c3cccc(NC(=O)c4cn(C)c(=O)n(C)c4=O)c3C)c2Cl)ccc1CNCC(C)(C)O. The molecule has 42 heavy (non-hydrogen) atoms. The number of halogens is 1. The number of anilines is 1. The van der Waals surface area contributed by atoms with Gasteiger partial charge in [-0.05, 0) is 44.0 Å². The average Bonchev–Trinajstić information content (AvgIpc) is 2.94. The molecule has 11 heteroatoms. The molecule has 0 fully saturated rings. The standard InChI is InChI=1S/C31H34ClN5O5/c1-18-20(9-8-12-24(18)34-27(38)23-16-36(4)30(40)37(5)29(23)39)21-10-7-11-22(26(21)32)25-14-13-19(28(35-25)42-6)15-33-17-31(2,3)41/h7-14,16,33,41H,15,17H2,1-6H3,(H,34,38). The van der Waals surface area contributed by atoms with E-state index in [0.717, 1.165) is 26.8 Å². The van der Waals surface area contributed by atoms with Crippen molar-refractivity contribution in [3.8, 4) is 28.3 Å². The topological polar surface area (TPSA) is 127 Å². The number of nitrogens with zero attached hydrogens (tertiary/aromatic N) is 3. The van der Waals surface area contributed by atoms with Crippen LogP contribution in [0.4, 0.5) is 5.69 Å². The van der Waals surface area contributed by atoms with Crippen molar-refractivity contribution in [3.63, 3.8) is 0 Å². The van der Waals surface area contributed by atoms with Gasteiger partial charge in [-0.15, -0.1) is 0 Å². The van der Waals surface area contributed by atoms with Gasteiger partial charge in [-0.3, -0.25) is 14.2 Å². The van der Waals surface area contributed by atoms with Gasteiger partial charge in [0.15, 0.2) is 0 Å². The van der Waals surface area contributed by atoms with E-state index in [0.29, 0.717) is 40.9 Å². The molecule has 0 aliphatic carbocycles. The van der Waals surface area contributed by atoms with Crippen molar-refractivity contribution in [1.29, 1.82) is 0 Å². The summed E-state index contributed by atoms with van der Waals surface area (Å²) in [5.74, 6) is -0.178. The van der Waals surface area contributed by atoms with Gasteiger partial charge >= 0.3 is 5.69 Å². The van der Waals surface area contributed by atoms with E-state index in [9.17, 15) is 19.5 Å². The minimum absolute atomic E-state index is 0.150. The van der Waals surface area contributed by atoms with E-state index in [2.05, 4.69) is 10.6 Å². The Labute approximate surface area is 248 Å². The van der Waals surface area contributed by atoms with Crippen LogP contribution in [0.2, 0.25) is 5.02 Å². The normalized spacial score (nSPS) is 11.4. The molecule has 2 aromatic heterocycles. The van der Waals surface area contributed by atoms with Gasteiger partial charge in [-0.2, -0.15) is 0 Å². The first-order valence-corrected chi connectivity index (χ1v) is 13.6. The van der Waals surface area contributed by atoms with E-state index in [1.54, 1.807) is 33.1 Å². The van der Waals surface area contributed by atoms with Crippen molar-refractivity contribution in [1.82, 2.24) is 19.4 Å². The highest BCUT2D eigenvalue weighted by Crippen LogP contribution is 2.39. The Balaban J connectivity index is 1.66. The maximum Gasteiger partial charge on any atom is 0.330 e. The molecule has 2 aromatic carbocycles. The average molecular weight is 592 g/mol. The first kappa shape index (κ1) is 30.7. The number of benzene rings is 2. The highest BCUT2D eigenvalue weighted by Gasteiger charge is 2.19. The monoisotopic (exact) mass is 591 g/mol. The Bertz CT molecular complexity index is 1770. The zero-order valence-electron chi connectivity index (χ0n) is 24.4. The maximum absolute atomic E-state index is 13.1. The molecule has 4 rings (SSSR count). The molecule has 10 nitrogen and oxygen atoms in total. The Morgan fingerprint density at radius 2 is 1.71 bits per heavy atom. The van der Waals surface area contributed by atoms with Gasteiger partial charge in [0.2, 0.25) is 5.88 Å². The maximum atomic E-state index is 13.1. The van der Waals surface area contributed by atoms with Gasteiger partial charge < -0.3 is 25.0 Å². The number of pyridine rings is 1. The first-order chi connectivity index (χ1) is 19.8. The van der Waals surface area contributed by atoms with Crippen LogP contribution in [0.3, 0.4) is 0 Å². The van der Waals surface area contributed by atoms with E-state index < -0.39 is 22.8 Å².